The second-order valence-electron chi connectivity index (χ2n) is 2.64. The molecule has 1 aromatic carbocycles. The number of nitro groups is 1. The molecule has 0 aliphatic heterocycles. The fourth-order valence-electron chi connectivity index (χ4n) is 0.995. The standard InChI is InChI=1S/C8H9NO3S/c1-13(12)6-7-3-2-4-8(5-7)9(10)11/h2-5H,6H2,1H3/t13-/m0/s1. The van der Waals surface area contributed by atoms with Gasteiger partial charge >= 0.3 is 0 Å². The Kier molecular flexibility index (Phi) is 3.13. The van der Waals surface area contributed by atoms with Gasteiger partial charge in [0.25, 0.3) is 5.69 Å². The summed E-state index contributed by atoms with van der Waals surface area (Å²) in [6.07, 6.45) is 1.57. The molecule has 0 aromatic heterocycles. The van der Waals surface area contributed by atoms with Crippen LogP contribution in [0.1, 0.15) is 5.56 Å². The zero-order valence-electron chi connectivity index (χ0n) is 7.10. The number of nitrogens with zero attached hydrogens (tertiary/aromatic N) is 1. The van der Waals surface area contributed by atoms with E-state index in [1.807, 2.05) is 0 Å². The number of benzene rings is 1. The number of nitro benzene ring substituents is 1. The van der Waals surface area contributed by atoms with Crippen LogP contribution in [0.4, 0.5) is 5.69 Å². The van der Waals surface area contributed by atoms with E-state index < -0.39 is 15.7 Å². The molecule has 0 N–H and O–H groups in total. The third-order valence-electron chi connectivity index (χ3n) is 1.49. The van der Waals surface area contributed by atoms with Crippen molar-refractivity contribution in [3.05, 3.63) is 39.9 Å². The molecule has 0 spiro atoms. The van der Waals surface area contributed by atoms with E-state index in [1.54, 1.807) is 18.4 Å². The van der Waals surface area contributed by atoms with Gasteiger partial charge in [-0.2, -0.15) is 0 Å². The van der Waals surface area contributed by atoms with Gasteiger partial charge in [0, 0.05) is 34.9 Å². The average Bonchev–Trinajstić information content (AvgIpc) is 2.03. The number of hydrogen-bond donors (Lipinski definition) is 0. The van der Waals surface area contributed by atoms with Gasteiger partial charge in [-0.3, -0.25) is 14.3 Å². The van der Waals surface area contributed by atoms with E-state index in [-0.39, 0.29) is 5.69 Å². The Bertz CT molecular complexity index is 351. The van der Waals surface area contributed by atoms with Gasteiger partial charge in [-0.1, -0.05) is 12.1 Å². The van der Waals surface area contributed by atoms with Gasteiger partial charge in [-0.25, -0.2) is 0 Å². The predicted octanol–water partition coefficient (Wildman–Crippen LogP) is 1.47. The molecule has 0 bridgehead atoms. The van der Waals surface area contributed by atoms with Crippen molar-refractivity contribution in [3.8, 4) is 0 Å². The van der Waals surface area contributed by atoms with Crippen molar-refractivity contribution < 1.29 is 9.13 Å². The maximum atomic E-state index is 10.8. The highest BCUT2D eigenvalue weighted by atomic mass is 32.2. The van der Waals surface area contributed by atoms with Gasteiger partial charge in [0.1, 0.15) is 0 Å². The SMILES string of the molecule is C[S@](=O)Cc1cccc([N+](=O)[O-])c1. The van der Waals surface area contributed by atoms with Crippen LogP contribution >= 0.6 is 0 Å². The Labute approximate surface area is 78.2 Å². The van der Waals surface area contributed by atoms with E-state index >= 15 is 0 Å². The van der Waals surface area contributed by atoms with Gasteiger partial charge in [0.15, 0.2) is 0 Å². The third-order valence-corrected chi connectivity index (χ3v) is 2.23. The van der Waals surface area contributed by atoms with Gasteiger partial charge in [-0.15, -0.1) is 0 Å². The molecule has 0 fully saturated rings. The maximum Gasteiger partial charge on any atom is 0.269 e. The first kappa shape index (κ1) is 9.85. The Balaban J connectivity index is 2.91. The summed E-state index contributed by atoms with van der Waals surface area (Å²) in [4.78, 5) is 9.91. The second kappa shape index (κ2) is 4.13. The molecular weight excluding hydrogens is 190 g/mol. The minimum atomic E-state index is -0.961. The van der Waals surface area contributed by atoms with Crippen LogP contribution in [0.15, 0.2) is 24.3 Å². The van der Waals surface area contributed by atoms with Crippen LogP contribution in [0.3, 0.4) is 0 Å². The van der Waals surface area contributed by atoms with Crippen molar-refractivity contribution in [2.75, 3.05) is 6.26 Å². The van der Waals surface area contributed by atoms with Crippen LogP contribution in [0.25, 0.3) is 0 Å². The molecule has 0 saturated heterocycles. The largest absolute Gasteiger partial charge is 0.269 e. The first-order valence-electron chi connectivity index (χ1n) is 3.63. The van der Waals surface area contributed by atoms with Crippen molar-refractivity contribution in [2.45, 2.75) is 5.75 Å². The van der Waals surface area contributed by atoms with E-state index in [4.69, 9.17) is 0 Å². The van der Waals surface area contributed by atoms with Crippen LogP contribution in [-0.4, -0.2) is 15.4 Å². The van der Waals surface area contributed by atoms with Gasteiger partial charge in [0.05, 0.1) is 4.92 Å². The van der Waals surface area contributed by atoms with Crippen molar-refractivity contribution in [1.29, 1.82) is 0 Å². The summed E-state index contributed by atoms with van der Waals surface area (Å²) in [5.41, 5.74) is 0.776. The smallest absolute Gasteiger partial charge is 0.260 e. The lowest BCUT2D eigenvalue weighted by atomic mass is 10.2. The molecule has 70 valence electrons. The molecule has 0 unspecified atom stereocenters. The maximum absolute atomic E-state index is 10.8. The fraction of sp³-hybridized carbons (Fsp3) is 0.250. The second-order valence-corrected chi connectivity index (χ2v) is 4.08. The Morgan fingerprint density at radius 3 is 2.77 bits per heavy atom. The third kappa shape index (κ3) is 2.95. The zero-order valence-corrected chi connectivity index (χ0v) is 7.91. The Morgan fingerprint density at radius 2 is 2.23 bits per heavy atom. The summed E-state index contributed by atoms with van der Waals surface area (Å²) in [6.45, 7) is 0. The molecule has 1 rings (SSSR count). The summed E-state index contributed by atoms with van der Waals surface area (Å²) < 4.78 is 10.8. The molecule has 0 saturated carbocycles. The topological polar surface area (TPSA) is 60.2 Å². The van der Waals surface area contributed by atoms with E-state index in [1.165, 1.54) is 12.1 Å². The van der Waals surface area contributed by atoms with Gasteiger partial charge < -0.3 is 0 Å². The van der Waals surface area contributed by atoms with Crippen molar-refractivity contribution >= 4 is 16.5 Å². The molecule has 1 atom stereocenters. The highest BCUT2D eigenvalue weighted by Crippen LogP contribution is 2.13. The van der Waals surface area contributed by atoms with Crippen molar-refractivity contribution in [2.24, 2.45) is 0 Å². The lowest BCUT2D eigenvalue weighted by molar-refractivity contribution is -0.384. The fourth-order valence-corrected chi connectivity index (χ4v) is 1.64. The van der Waals surface area contributed by atoms with Crippen LogP contribution in [0.2, 0.25) is 0 Å². The first-order valence-corrected chi connectivity index (χ1v) is 5.35. The highest BCUT2D eigenvalue weighted by molar-refractivity contribution is 7.83. The van der Waals surface area contributed by atoms with Gasteiger partial charge in [-0.05, 0) is 5.56 Å². The van der Waals surface area contributed by atoms with Crippen LogP contribution in [-0.2, 0) is 16.6 Å². The lowest BCUT2D eigenvalue weighted by Crippen LogP contribution is -1.94. The van der Waals surface area contributed by atoms with Crippen LogP contribution < -0.4 is 0 Å². The first-order chi connectivity index (χ1) is 6.09. The summed E-state index contributed by atoms with van der Waals surface area (Å²) in [5, 5.41) is 10.4. The normalized spacial score (nSPS) is 12.4. The highest BCUT2D eigenvalue weighted by Gasteiger charge is 2.05. The molecule has 5 heteroatoms. The molecule has 0 heterocycles. The number of rotatable bonds is 3. The molecule has 0 radical (unpaired) electrons. The molecular formula is C8H9NO3S. The zero-order chi connectivity index (χ0) is 9.84. The molecule has 0 aliphatic carbocycles. The van der Waals surface area contributed by atoms with Crippen LogP contribution in [0, 0.1) is 10.1 Å². The summed E-state index contributed by atoms with van der Waals surface area (Å²) >= 11 is 0. The molecule has 0 aliphatic rings. The van der Waals surface area contributed by atoms with E-state index in [0.717, 1.165) is 5.56 Å². The minimum absolute atomic E-state index is 0.0444. The number of hydrogen-bond acceptors (Lipinski definition) is 3. The van der Waals surface area contributed by atoms with E-state index in [2.05, 4.69) is 0 Å². The average molecular weight is 199 g/mol. The quantitative estimate of drug-likeness (QED) is 0.547. The van der Waals surface area contributed by atoms with Gasteiger partial charge in [0.2, 0.25) is 0 Å². The Morgan fingerprint density at radius 1 is 1.54 bits per heavy atom. The molecule has 0 amide bonds. The molecule has 13 heavy (non-hydrogen) atoms. The van der Waals surface area contributed by atoms with E-state index in [0.29, 0.717) is 5.75 Å². The van der Waals surface area contributed by atoms with E-state index in [9.17, 15) is 14.3 Å². The van der Waals surface area contributed by atoms with Crippen molar-refractivity contribution in [1.82, 2.24) is 0 Å². The monoisotopic (exact) mass is 199 g/mol. The van der Waals surface area contributed by atoms with Crippen LogP contribution in [0.5, 0.6) is 0 Å². The minimum Gasteiger partial charge on any atom is -0.260 e. The summed E-state index contributed by atoms with van der Waals surface area (Å²) in [7, 11) is -0.961. The molecule has 4 nitrogen and oxygen atoms in total. The van der Waals surface area contributed by atoms with Crippen molar-refractivity contribution in [3.63, 3.8) is 0 Å². The number of non-ortho nitro benzene ring substituents is 1. The predicted molar refractivity (Wildman–Crippen MR) is 50.9 cm³/mol. The lowest BCUT2D eigenvalue weighted by Gasteiger charge is -1.97. The summed E-state index contributed by atoms with van der Waals surface area (Å²) in [5.74, 6) is 0.363. The Hall–Kier alpha value is -1.23. The summed E-state index contributed by atoms with van der Waals surface area (Å²) in [6, 6.07) is 6.19. The molecule has 1 aromatic rings.